The van der Waals surface area contributed by atoms with Gasteiger partial charge in [-0.15, -0.1) is 14.7 Å². The molecule has 0 aliphatic heterocycles. The first-order valence-corrected chi connectivity index (χ1v) is 6.71. The maximum atomic E-state index is 11.3. The predicted molar refractivity (Wildman–Crippen MR) is 67.2 cm³/mol. The minimum absolute atomic E-state index is 0.330. The zero-order valence-electron chi connectivity index (χ0n) is 9.98. The van der Waals surface area contributed by atoms with Crippen molar-refractivity contribution >= 4 is 16.7 Å². The lowest BCUT2D eigenvalue weighted by molar-refractivity contribution is 0.0600. The Morgan fingerprint density at radius 3 is 2.44 bits per heavy atom. The fourth-order valence-electron chi connectivity index (χ4n) is 1.33. The van der Waals surface area contributed by atoms with Crippen molar-refractivity contribution in [2.45, 2.75) is 4.90 Å². The summed E-state index contributed by atoms with van der Waals surface area (Å²) in [6, 6.07) is 7.19. The molecule has 0 aliphatic rings. The van der Waals surface area contributed by atoms with E-state index >= 15 is 0 Å². The van der Waals surface area contributed by atoms with E-state index in [9.17, 15) is 4.79 Å². The summed E-state index contributed by atoms with van der Waals surface area (Å²) in [6.07, 6.45) is 5.05. The molecule has 6 nitrogen and oxygen atoms in total. The molecule has 0 aliphatic carbocycles. The smallest absolute Gasteiger partial charge is 0.337 e. The third-order valence-corrected chi connectivity index (χ3v) is 3.63. The number of carbonyl (C=O) groups excluding carboxylic acids is 1. The quantitative estimate of drug-likeness (QED) is 0.784. The molecule has 0 radical (unpaired) electrons. The molecule has 0 saturated carbocycles. The lowest BCUT2D eigenvalue weighted by Gasteiger charge is -2.03. The maximum Gasteiger partial charge on any atom is 0.337 e. The highest BCUT2D eigenvalue weighted by Crippen LogP contribution is 2.10. The highest BCUT2D eigenvalue weighted by molar-refractivity contribution is 7.86. The molecule has 1 aromatic heterocycles. The van der Waals surface area contributed by atoms with Crippen molar-refractivity contribution in [3.05, 3.63) is 42.5 Å². The third-order valence-electron chi connectivity index (χ3n) is 2.24. The van der Waals surface area contributed by atoms with E-state index in [1.807, 2.05) is 18.4 Å². The number of aromatic nitrogens is 3. The summed E-state index contributed by atoms with van der Waals surface area (Å²) in [5, 5.41) is 7.36. The minimum atomic E-state index is -0.340. The van der Waals surface area contributed by atoms with E-state index < -0.39 is 0 Å². The van der Waals surface area contributed by atoms with Crippen molar-refractivity contribution < 1.29 is 9.53 Å². The van der Waals surface area contributed by atoms with Gasteiger partial charge in [-0.05, 0) is 41.2 Å². The van der Waals surface area contributed by atoms with E-state index in [0.717, 1.165) is 4.90 Å². The number of methoxy groups -OCH3 is 1. The van der Waals surface area contributed by atoms with Gasteiger partial charge in [-0.3, -0.25) is 0 Å². The first kappa shape index (κ1) is 12.4. The molecule has 1 heterocycles. The number of benzene rings is 1. The van der Waals surface area contributed by atoms with Crippen LogP contribution < -0.4 is 0 Å². The summed E-state index contributed by atoms with van der Waals surface area (Å²) in [7, 11) is 1.03. The molecular weight excluding hydrogens is 252 g/mol. The van der Waals surface area contributed by atoms with Crippen LogP contribution in [-0.4, -0.2) is 34.2 Å². The lowest BCUT2D eigenvalue weighted by Crippen LogP contribution is -2.01. The largest absolute Gasteiger partial charge is 0.465 e. The molecule has 0 saturated heterocycles. The zero-order chi connectivity index (χ0) is 13.0. The summed E-state index contributed by atoms with van der Waals surface area (Å²) < 4.78 is 10.6. The van der Waals surface area contributed by atoms with Crippen molar-refractivity contribution in [3.8, 4) is 0 Å². The van der Waals surface area contributed by atoms with Gasteiger partial charge in [0.25, 0.3) is 0 Å². The molecule has 18 heavy (non-hydrogen) atoms. The summed E-state index contributed by atoms with van der Waals surface area (Å²) in [6.45, 7) is 0. The number of hydrogen-bond donors (Lipinski definition) is 0. The normalized spacial score (nSPS) is 12.3. The number of esters is 1. The Kier molecular flexibility index (Phi) is 3.83. The van der Waals surface area contributed by atoms with Gasteiger partial charge in [0.2, 0.25) is 0 Å². The Morgan fingerprint density at radius 2 is 1.89 bits per heavy atom. The molecule has 1 unspecified atom stereocenters. The van der Waals surface area contributed by atoms with Crippen molar-refractivity contribution in [2.24, 2.45) is 4.47 Å². The molecule has 0 fully saturated rings. The molecule has 2 aromatic rings. The van der Waals surface area contributed by atoms with Gasteiger partial charge >= 0.3 is 5.97 Å². The lowest BCUT2D eigenvalue weighted by atomic mass is 10.2. The van der Waals surface area contributed by atoms with Gasteiger partial charge in [0.05, 0.1) is 12.7 Å². The van der Waals surface area contributed by atoms with E-state index in [2.05, 4.69) is 19.4 Å². The number of nitrogens with zero attached hydrogens (tertiary/aromatic N) is 4. The monoisotopic (exact) mass is 264 g/mol. The van der Waals surface area contributed by atoms with Crippen LogP contribution in [0.2, 0.25) is 0 Å². The second-order valence-electron chi connectivity index (χ2n) is 3.42. The van der Waals surface area contributed by atoms with Gasteiger partial charge in [-0.1, -0.05) is 0 Å². The molecule has 7 heteroatoms. The van der Waals surface area contributed by atoms with Crippen molar-refractivity contribution in [1.82, 2.24) is 14.9 Å². The highest BCUT2D eigenvalue weighted by Gasteiger charge is 2.05. The fourth-order valence-corrected chi connectivity index (χ4v) is 2.32. The fraction of sp³-hybridized carbons (Fsp3) is 0.182. The Bertz CT molecular complexity index is 563. The molecule has 1 aromatic carbocycles. The molecule has 2 rings (SSSR count). The zero-order valence-corrected chi connectivity index (χ0v) is 10.8. The molecule has 1 atom stereocenters. The number of carbonyl (C=O) groups is 1. The van der Waals surface area contributed by atoms with Crippen LogP contribution >= 0.6 is 0 Å². The first-order chi connectivity index (χ1) is 8.70. The van der Waals surface area contributed by atoms with E-state index in [0.29, 0.717) is 5.56 Å². The summed E-state index contributed by atoms with van der Waals surface area (Å²) in [5.41, 5.74) is 0.530. The predicted octanol–water partition coefficient (Wildman–Crippen LogP) is 1.32. The second-order valence-corrected chi connectivity index (χ2v) is 5.01. The summed E-state index contributed by atoms with van der Waals surface area (Å²) >= 11 is 0. The highest BCUT2D eigenvalue weighted by atomic mass is 32.2. The average Bonchev–Trinajstić information content (AvgIpc) is 2.91. The maximum absolute atomic E-state index is 11.3. The number of hydrogen-bond acceptors (Lipinski definition) is 5. The molecule has 0 spiro atoms. The van der Waals surface area contributed by atoms with Gasteiger partial charge in [-0.25, -0.2) is 9.47 Å². The van der Waals surface area contributed by atoms with Crippen LogP contribution in [-0.2, 0) is 15.4 Å². The minimum Gasteiger partial charge on any atom is -0.465 e. The Balaban J connectivity index is 2.22. The van der Waals surface area contributed by atoms with Crippen LogP contribution in [0.4, 0.5) is 0 Å². The van der Waals surface area contributed by atoms with Gasteiger partial charge < -0.3 is 4.74 Å². The van der Waals surface area contributed by atoms with Crippen LogP contribution in [0.5, 0.6) is 0 Å². The Morgan fingerprint density at radius 1 is 1.28 bits per heavy atom. The molecule has 0 amide bonds. The number of rotatable bonds is 3. The van der Waals surface area contributed by atoms with E-state index in [1.165, 1.54) is 19.8 Å². The van der Waals surface area contributed by atoms with E-state index in [1.54, 1.807) is 16.8 Å². The van der Waals surface area contributed by atoms with E-state index in [4.69, 9.17) is 0 Å². The SMILES string of the molecule is COC(=O)c1ccc(/S(C)=N\n2cnnc2)cc1. The standard InChI is InChI=1S/C11H12N4O2S/c1-17-11(16)9-3-5-10(6-4-9)18(2)14-15-7-12-13-8-15/h3-8H,1-2H3. The molecular formula is C11H12N4O2S. The van der Waals surface area contributed by atoms with Gasteiger partial charge in [-0.2, -0.15) is 0 Å². The third kappa shape index (κ3) is 2.80. The number of ether oxygens (including phenoxy) is 1. The topological polar surface area (TPSA) is 69.4 Å². The van der Waals surface area contributed by atoms with Crippen LogP contribution in [0.15, 0.2) is 46.3 Å². The van der Waals surface area contributed by atoms with Crippen molar-refractivity contribution in [3.63, 3.8) is 0 Å². The van der Waals surface area contributed by atoms with Crippen LogP contribution in [0.25, 0.3) is 0 Å². The van der Waals surface area contributed by atoms with Crippen LogP contribution in [0, 0.1) is 0 Å². The van der Waals surface area contributed by atoms with Crippen LogP contribution in [0.3, 0.4) is 0 Å². The van der Waals surface area contributed by atoms with Crippen molar-refractivity contribution in [1.29, 1.82) is 0 Å². The van der Waals surface area contributed by atoms with Crippen molar-refractivity contribution in [2.75, 3.05) is 13.4 Å². The van der Waals surface area contributed by atoms with Gasteiger partial charge in [0, 0.05) is 4.90 Å². The van der Waals surface area contributed by atoms with E-state index in [-0.39, 0.29) is 16.7 Å². The molecule has 94 valence electrons. The molecule has 0 bridgehead atoms. The van der Waals surface area contributed by atoms with Crippen LogP contribution in [0.1, 0.15) is 10.4 Å². The Hall–Kier alpha value is -2.02. The molecule has 0 N–H and O–H groups in total. The second kappa shape index (κ2) is 5.54. The average molecular weight is 264 g/mol. The Labute approximate surface area is 107 Å². The summed E-state index contributed by atoms with van der Waals surface area (Å²) in [4.78, 5) is 12.3. The van der Waals surface area contributed by atoms with Gasteiger partial charge in [0.15, 0.2) is 0 Å². The van der Waals surface area contributed by atoms with Gasteiger partial charge in [0.1, 0.15) is 12.7 Å². The first-order valence-electron chi connectivity index (χ1n) is 5.12. The summed E-state index contributed by atoms with van der Waals surface area (Å²) in [5.74, 6) is -0.340.